The SMILES string of the molecule is CCN1CCC(C#N)C1. The maximum atomic E-state index is 8.50. The molecule has 0 spiro atoms. The first-order valence-electron chi connectivity index (χ1n) is 3.48. The van der Waals surface area contributed by atoms with Crippen LogP contribution in [0, 0.1) is 17.2 Å². The van der Waals surface area contributed by atoms with Crippen LogP contribution >= 0.6 is 0 Å². The molecular formula is C7H12N2. The molecule has 2 nitrogen and oxygen atoms in total. The molecule has 9 heavy (non-hydrogen) atoms. The molecule has 0 saturated carbocycles. The lowest BCUT2D eigenvalue weighted by molar-refractivity contribution is 0.352. The average Bonchev–Trinajstić information content (AvgIpc) is 2.34. The Labute approximate surface area is 56.1 Å². The van der Waals surface area contributed by atoms with Gasteiger partial charge in [0.2, 0.25) is 0 Å². The smallest absolute Gasteiger partial charge is 0.0669 e. The third-order valence-corrected chi connectivity index (χ3v) is 1.90. The first-order chi connectivity index (χ1) is 4.36. The monoisotopic (exact) mass is 124 g/mol. The standard InChI is InChI=1S/C7H12N2/c1-2-9-4-3-7(5-8)6-9/h7H,2-4,6H2,1H3. The van der Waals surface area contributed by atoms with E-state index >= 15 is 0 Å². The van der Waals surface area contributed by atoms with Gasteiger partial charge in [-0.1, -0.05) is 6.92 Å². The van der Waals surface area contributed by atoms with E-state index in [4.69, 9.17) is 5.26 Å². The van der Waals surface area contributed by atoms with Crippen molar-refractivity contribution in [2.24, 2.45) is 5.92 Å². The van der Waals surface area contributed by atoms with Crippen LogP contribution in [0.15, 0.2) is 0 Å². The van der Waals surface area contributed by atoms with Crippen molar-refractivity contribution in [1.82, 2.24) is 4.90 Å². The molecule has 0 radical (unpaired) electrons. The Morgan fingerprint density at radius 3 is 2.89 bits per heavy atom. The highest BCUT2D eigenvalue weighted by Gasteiger charge is 2.19. The van der Waals surface area contributed by atoms with Gasteiger partial charge in [-0.2, -0.15) is 5.26 Å². The van der Waals surface area contributed by atoms with Crippen LogP contribution in [0.2, 0.25) is 0 Å². The third-order valence-electron chi connectivity index (χ3n) is 1.90. The molecule has 0 aliphatic carbocycles. The second kappa shape index (κ2) is 2.84. The van der Waals surface area contributed by atoms with Crippen LogP contribution in [0.25, 0.3) is 0 Å². The van der Waals surface area contributed by atoms with Gasteiger partial charge in [0.05, 0.1) is 12.0 Å². The van der Waals surface area contributed by atoms with Gasteiger partial charge in [0.15, 0.2) is 0 Å². The molecular weight excluding hydrogens is 112 g/mol. The van der Waals surface area contributed by atoms with Crippen LogP contribution < -0.4 is 0 Å². The van der Waals surface area contributed by atoms with Gasteiger partial charge >= 0.3 is 0 Å². The normalized spacial score (nSPS) is 28.2. The quantitative estimate of drug-likeness (QED) is 0.518. The molecule has 1 heterocycles. The highest BCUT2D eigenvalue weighted by Crippen LogP contribution is 2.13. The van der Waals surface area contributed by atoms with E-state index in [1.807, 2.05) is 0 Å². The minimum absolute atomic E-state index is 0.310. The van der Waals surface area contributed by atoms with Crippen LogP contribution in [-0.2, 0) is 0 Å². The summed E-state index contributed by atoms with van der Waals surface area (Å²) in [5.74, 6) is 0.310. The molecule has 2 heteroatoms. The van der Waals surface area contributed by atoms with Crippen molar-refractivity contribution >= 4 is 0 Å². The Bertz CT molecular complexity index is 125. The van der Waals surface area contributed by atoms with Gasteiger partial charge in [0.1, 0.15) is 0 Å². The zero-order chi connectivity index (χ0) is 6.69. The first kappa shape index (κ1) is 6.57. The minimum Gasteiger partial charge on any atom is -0.302 e. The molecule has 1 aliphatic heterocycles. The van der Waals surface area contributed by atoms with E-state index in [2.05, 4.69) is 17.9 Å². The first-order valence-corrected chi connectivity index (χ1v) is 3.48. The predicted molar refractivity (Wildman–Crippen MR) is 35.8 cm³/mol. The summed E-state index contributed by atoms with van der Waals surface area (Å²) in [6.45, 7) is 5.35. The fourth-order valence-electron chi connectivity index (χ4n) is 1.23. The fraction of sp³-hybridized carbons (Fsp3) is 0.857. The third kappa shape index (κ3) is 1.43. The second-order valence-corrected chi connectivity index (χ2v) is 2.51. The zero-order valence-electron chi connectivity index (χ0n) is 5.80. The summed E-state index contributed by atoms with van der Waals surface area (Å²) in [5.41, 5.74) is 0. The van der Waals surface area contributed by atoms with Gasteiger partial charge in [0, 0.05) is 6.54 Å². The van der Waals surface area contributed by atoms with E-state index in [0.717, 1.165) is 26.1 Å². The lowest BCUT2D eigenvalue weighted by Crippen LogP contribution is -2.19. The van der Waals surface area contributed by atoms with E-state index in [1.54, 1.807) is 0 Å². The van der Waals surface area contributed by atoms with Gasteiger partial charge in [0.25, 0.3) is 0 Å². The van der Waals surface area contributed by atoms with Crippen molar-refractivity contribution < 1.29 is 0 Å². The molecule has 1 unspecified atom stereocenters. The number of rotatable bonds is 1. The highest BCUT2D eigenvalue weighted by atomic mass is 15.1. The molecule has 1 rings (SSSR count). The van der Waals surface area contributed by atoms with E-state index < -0.39 is 0 Å². The lowest BCUT2D eigenvalue weighted by atomic mass is 10.1. The van der Waals surface area contributed by atoms with Crippen LogP contribution in [0.1, 0.15) is 13.3 Å². The van der Waals surface area contributed by atoms with Gasteiger partial charge in [-0.3, -0.25) is 0 Å². The summed E-state index contributed by atoms with van der Waals surface area (Å²) in [6, 6.07) is 2.29. The Kier molecular flexibility index (Phi) is 2.07. The Morgan fingerprint density at radius 1 is 1.78 bits per heavy atom. The highest BCUT2D eigenvalue weighted by molar-refractivity contribution is 4.89. The maximum absolute atomic E-state index is 8.50. The van der Waals surface area contributed by atoms with Crippen molar-refractivity contribution in [3.05, 3.63) is 0 Å². The van der Waals surface area contributed by atoms with Crippen LogP contribution in [-0.4, -0.2) is 24.5 Å². The molecule has 0 aromatic heterocycles. The largest absolute Gasteiger partial charge is 0.302 e. The van der Waals surface area contributed by atoms with Crippen molar-refractivity contribution in [2.45, 2.75) is 13.3 Å². The fourth-order valence-corrected chi connectivity index (χ4v) is 1.23. The molecule has 0 aromatic rings. The molecule has 1 atom stereocenters. The topological polar surface area (TPSA) is 27.0 Å². The Morgan fingerprint density at radius 2 is 2.56 bits per heavy atom. The predicted octanol–water partition coefficient (Wildman–Crippen LogP) is 0.852. The molecule has 1 fully saturated rings. The number of hydrogen-bond donors (Lipinski definition) is 0. The number of hydrogen-bond acceptors (Lipinski definition) is 2. The second-order valence-electron chi connectivity index (χ2n) is 2.51. The van der Waals surface area contributed by atoms with Gasteiger partial charge in [-0.25, -0.2) is 0 Å². The summed E-state index contributed by atoms with van der Waals surface area (Å²) in [6.07, 6.45) is 1.07. The van der Waals surface area contributed by atoms with Crippen molar-refractivity contribution in [3.63, 3.8) is 0 Å². The molecule has 0 amide bonds. The average molecular weight is 124 g/mol. The Balaban J connectivity index is 2.31. The molecule has 0 bridgehead atoms. The van der Waals surface area contributed by atoms with Gasteiger partial charge in [-0.15, -0.1) is 0 Å². The molecule has 50 valence electrons. The zero-order valence-corrected chi connectivity index (χ0v) is 5.80. The molecule has 1 saturated heterocycles. The van der Waals surface area contributed by atoms with Crippen molar-refractivity contribution in [1.29, 1.82) is 5.26 Å². The molecule has 0 aromatic carbocycles. The molecule has 1 aliphatic rings. The Hall–Kier alpha value is -0.550. The summed E-state index contributed by atoms with van der Waals surface area (Å²) >= 11 is 0. The van der Waals surface area contributed by atoms with E-state index in [1.165, 1.54) is 0 Å². The van der Waals surface area contributed by atoms with E-state index in [0.29, 0.717) is 5.92 Å². The number of nitriles is 1. The maximum Gasteiger partial charge on any atom is 0.0669 e. The van der Waals surface area contributed by atoms with Crippen LogP contribution in [0.3, 0.4) is 0 Å². The van der Waals surface area contributed by atoms with E-state index in [-0.39, 0.29) is 0 Å². The van der Waals surface area contributed by atoms with Crippen LogP contribution in [0.5, 0.6) is 0 Å². The minimum atomic E-state index is 0.310. The summed E-state index contributed by atoms with van der Waals surface area (Å²) in [4.78, 5) is 2.31. The van der Waals surface area contributed by atoms with Crippen LogP contribution in [0.4, 0.5) is 0 Å². The summed E-state index contributed by atoms with van der Waals surface area (Å²) in [5, 5.41) is 8.50. The van der Waals surface area contributed by atoms with Gasteiger partial charge in [-0.05, 0) is 19.5 Å². The molecule has 0 N–H and O–H groups in total. The van der Waals surface area contributed by atoms with Gasteiger partial charge < -0.3 is 4.90 Å². The number of nitrogens with zero attached hydrogens (tertiary/aromatic N) is 2. The van der Waals surface area contributed by atoms with E-state index in [9.17, 15) is 0 Å². The lowest BCUT2D eigenvalue weighted by Gasteiger charge is -2.09. The number of likely N-dealkylation sites (tertiary alicyclic amines) is 1. The summed E-state index contributed by atoms with van der Waals surface area (Å²) in [7, 11) is 0. The van der Waals surface area contributed by atoms with Crippen molar-refractivity contribution in [3.8, 4) is 6.07 Å². The van der Waals surface area contributed by atoms with Crippen molar-refractivity contribution in [2.75, 3.05) is 19.6 Å². The summed E-state index contributed by atoms with van der Waals surface area (Å²) < 4.78 is 0.